The molecular weight excluding hydrogens is 212 g/mol. The highest BCUT2D eigenvalue weighted by atomic mass is 16.5. The standard InChI is InChI=1S/C14H28N2O/c1-11-5-6-13(15-3)14(9-11)16-7-4-8-17-12(2)10-16/h11-15H,4-10H2,1-3H3. The Labute approximate surface area is 106 Å². The first-order valence-corrected chi connectivity index (χ1v) is 7.23. The smallest absolute Gasteiger partial charge is 0.0674 e. The molecule has 3 nitrogen and oxygen atoms in total. The molecule has 1 aliphatic carbocycles. The van der Waals surface area contributed by atoms with E-state index >= 15 is 0 Å². The van der Waals surface area contributed by atoms with E-state index in [0.29, 0.717) is 18.2 Å². The lowest BCUT2D eigenvalue weighted by Gasteiger charge is -2.42. The first kappa shape index (κ1) is 13.3. The van der Waals surface area contributed by atoms with Gasteiger partial charge in [0.25, 0.3) is 0 Å². The topological polar surface area (TPSA) is 24.5 Å². The third-order valence-corrected chi connectivity index (χ3v) is 4.40. The summed E-state index contributed by atoms with van der Waals surface area (Å²) in [5.41, 5.74) is 0. The predicted octanol–water partition coefficient (Wildman–Crippen LogP) is 1.87. The molecule has 17 heavy (non-hydrogen) atoms. The Kier molecular flexibility index (Phi) is 4.83. The summed E-state index contributed by atoms with van der Waals surface area (Å²) >= 11 is 0. The van der Waals surface area contributed by atoms with Crippen LogP contribution in [0.5, 0.6) is 0 Å². The second kappa shape index (κ2) is 6.17. The molecule has 0 spiro atoms. The Hall–Kier alpha value is -0.120. The second-order valence-corrected chi connectivity index (χ2v) is 5.91. The molecular formula is C14H28N2O. The van der Waals surface area contributed by atoms with Crippen molar-refractivity contribution in [1.82, 2.24) is 10.2 Å². The predicted molar refractivity (Wildman–Crippen MR) is 71.3 cm³/mol. The van der Waals surface area contributed by atoms with Crippen molar-refractivity contribution < 1.29 is 4.74 Å². The fourth-order valence-corrected chi connectivity index (χ4v) is 3.42. The number of likely N-dealkylation sites (N-methyl/N-ethyl adjacent to an activating group) is 1. The SMILES string of the molecule is CNC1CCC(C)CC1N1CCCOC(C)C1. The number of nitrogens with zero attached hydrogens (tertiary/aromatic N) is 1. The molecule has 2 fully saturated rings. The summed E-state index contributed by atoms with van der Waals surface area (Å²) < 4.78 is 5.76. The molecule has 0 aromatic heterocycles. The van der Waals surface area contributed by atoms with E-state index in [4.69, 9.17) is 4.74 Å². The first-order chi connectivity index (χ1) is 8.20. The summed E-state index contributed by atoms with van der Waals surface area (Å²) in [6.07, 6.45) is 5.63. The van der Waals surface area contributed by atoms with Crippen LogP contribution < -0.4 is 5.32 Å². The van der Waals surface area contributed by atoms with Crippen LogP contribution in [0.1, 0.15) is 39.5 Å². The Balaban J connectivity index is 2.00. The molecule has 1 saturated heterocycles. The van der Waals surface area contributed by atoms with Gasteiger partial charge in [-0.25, -0.2) is 0 Å². The second-order valence-electron chi connectivity index (χ2n) is 5.91. The van der Waals surface area contributed by atoms with Crippen molar-refractivity contribution in [3.05, 3.63) is 0 Å². The lowest BCUT2D eigenvalue weighted by molar-refractivity contribution is 0.0460. The van der Waals surface area contributed by atoms with Gasteiger partial charge in [-0.2, -0.15) is 0 Å². The van der Waals surface area contributed by atoms with Gasteiger partial charge in [0.1, 0.15) is 0 Å². The van der Waals surface area contributed by atoms with Gasteiger partial charge in [-0.15, -0.1) is 0 Å². The maximum atomic E-state index is 5.76. The highest BCUT2D eigenvalue weighted by Gasteiger charge is 2.33. The van der Waals surface area contributed by atoms with Crippen LogP contribution in [0.2, 0.25) is 0 Å². The molecule has 0 bridgehead atoms. The van der Waals surface area contributed by atoms with Crippen molar-refractivity contribution in [2.75, 3.05) is 26.7 Å². The molecule has 3 heteroatoms. The summed E-state index contributed by atoms with van der Waals surface area (Å²) in [4.78, 5) is 2.68. The molecule has 1 heterocycles. The fourth-order valence-electron chi connectivity index (χ4n) is 3.42. The van der Waals surface area contributed by atoms with E-state index in [1.165, 1.54) is 32.2 Å². The molecule has 2 aliphatic rings. The van der Waals surface area contributed by atoms with Crippen LogP contribution in [-0.4, -0.2) is 49.8 Å². The number of hydrogen-bond acceptors (Lipinski definition) is 3. The van der Waals surface area contributed by atoms with Gasteiger partial charge in [-0.3, -0.25) is 4.90 Å². The lowest BCUT2D eigenvalue weighted by atomic mass is 9.82. The Morgan fingerprint density at radius 3 is 2.82 bits per heavy atom. The molecule has 4 unspecified atom stereocenters. The zero-order chi connectivity index (χ0) is 12.3. The van der Waals surface area contributed by atoms with E-state index in [9.17, 15) is 0 Å². The van der Waals surface area contributed by atoms with Crippen LogP contribution in [0.25, 0.3) is 0 Å². The van der Waals surface area contributed by atoms with Gasteiger partial charge in [-0.05, 0) is 45.6 Å². The molecule has 0 aromatic rings. The number of ether oxygens (including phenoxy) is 1. The Morgan fingerprint density at radius 1 is 1.24 bits per heavy atom. The van der Waals surface area contributed by atoms with Crippen LogP contribution in [-0.2, 0) is 4.74 Å². The summed E-state index contributed by atoms with van der Waals surface area (Å²) in [7, 11) is 2.12. The van der Waals surface area contributed by atoms with Crippen LogP contribution >= 0.6 is 0 Å². The summed E-state index contributed by atoms with van der Waals surface area (Å²) in [5.74, 6) is 0.879. The third-order valence-electron chi connectivity index (χ3n) is 4.40. The van der Waals surface area contributed by atoms with Gasteiger partial charge in [0, 0.05) is 31.8 Å². The molecule has 0 aromatic carbocycles. The minimum Gasteiger partial charge on any atom is -0.377 e. The van der Waals surface area contributed by atoms with Crippen LogP contribution in [0.3, 0.4) is 0 Å². The third kappa shape index (κ3) is 3.43. The molecule has 100 valence electrons. The van der Waals surface area contributed by atoms with Gasteiger partial charge in [-0.1, -0.05) is 6.92 Å². The number of rotatable bonds is 2. The Bertz CT molecular complexity index is 234. The molecule has 1 N–H and O–H groups in total. The van der Waals surface area contributed by atoms with Crippen LogP contribution in [0, 0.1) is 5.92 Å². The molecule has 4 atom stereocenters. The molecule has 0 radical (unpaired) electrons. The van der Waals surface area contributed by atoms with E-state index in [2.05, 4.69) is 31.1 Å². The molecule has 1 aliphatic heterocycles. The zero-order valence-corrected chi connectivity index (χ0v) is 11.6. The lowest BCUT2D eigenvalue weighted by Crippen LogP contribution is -2.53. The maximum Gasteiger partial charge on any atom is 0.0674 e. The highest BCUT2D eigenvalue weighted by Crippen LogP contribution is 2.28. The Morgan fingerprint density at radius 2 is 2.06 bits per heavy atom. The molecule has 2 rings (SSSR count). The zero-order valence-electron chi connectivity index (χ0n) is 11.6. The first-order valence-electron chi connectivity index (χ1n) is 7.23. The summed E-state index contributed by atoms with van der Waals surface area (Å²) in [6.45, 7) is 7.86. The van der Waals surface area contributed by atoms with Crippen molar-refractivity contribution in [3.8, 4) is 0 Å². The monoisotopic (exact) mass is 240 g/mol. The minimum absolute atomic E-state index is 0.396. The van der Waals surface area contributed by atoms with E-state index < -0.39 is 0 Å². The molecule has 0 amide bonds. The average molecular weight is 240 g/mol. The highest BCUT2D eigenvalue weighted by molar-refractivity contribution is 4.90. The van der Waals surface area contributed by atoms with Crippen molar-refractivity contribution in [2.24, 2.45) is 5.92 Å². The van der Waals surface area contributed by atoms with Crippen LogP contribution in [0.15, 0.2) is 0 Å². The average Bonchev–Trinajstić information content (AvgIpc) is 2.54. The van der Waals surface area contributed by atoms with Gasteiger partial charge in [0.15, 0.2) is 0 Å². The van der Waals surface area contributed by atoms with Crippen molar-refractivity contribution in [3.63, 3.8) is 0 Å². The quantitative estimate of drug-likeness (QED) is 0.797. The van der Waals surface area contributed by atoms with Crippen LogP contribution in [0.4, 0.5) is 0 Å². The summed E-state index contributed by atoms with van der Waals surface area (Å²) in [6, 6.07) is 1.39. The number of hydrogen-bond donors (Lipinski definition) is 1. The molecule has 1 saturated carbocycles. The van der Waals surface area contributed by atoms with Crippen molar-refractivity contribution >= 4 is 0 Å². The van der Waals surface area contributed by atoms with E-state index in [1.807, 2.05) is 0 Å². The van der Waals surface area contributed by atoms with Gasteiger partial charge < -0.3 is 10.1 Å². The van der Waals surface area contributed by atoms with E-state index in [0.717, 1.165) is 19.1 Å². The minimum atomic E-state index is 0.396. The van der Waals surface area contributed by atoms with Crippen molar-refractivity contribution in [1.29, 1.82) is 0 Å². The van der Waals surface area contributed by atoms with Gasteiger partial charge in [0.2, 0.25) is 0 Å². The van der Waals surface area contributed by atoms with Gasteiger partial charge in [0.05, 0.1) is 6.10 Å². The largest absolute Gasteiger partial charge is 0.377 e. The van der Waals surface area contributed by atoms with Gasteiger partial charge >= 0.3 is 0 Å². The van der Waals surface area contributed by atoms with E-state index in [1.54, 1.807) is 0 Å². The van der Waals surface area contributed by atoms with E-state index in [-0.39, 0.29) is 0 Å². The maximum absolute atomic E-state index is 5.76. The summed E-state index contributed by atoms with van der Waals surface area (Å²) in [5, 5.41) is 3.52. The fraction of sp³-hybridized carbons (Fsp3) is 1.00. The normalized spacial score (nSPS) is 41.1. The van der Waals surface area contributed by atoms with Crippen molar-refractivity contribution in [2.45, 2.75) is 57.7 Å². The number of nitrogens with one attached hydrogen (secondary N) is 1.